The van der Waals surface area contributed by atoms with Crippen molar-refractivity contribution >= 4 is 27.8 Å². The lowest BCUT2D eigenvalue weighted by molar-refractivity contribution is -0.109. The fourth-order valence-corrected chi connectivity index (χ4v) is 2.95. The van der Waals surface area contributed by atoms with E-state index >= 15 is 0 Å². The summed E-state index contributed by atoms with van der Waals surface area (Å²) < 4.78 is 1.27. The topological polar surface area (TPSA) is 54.0 Å². The molecule has 5 heteroatoms. The van der Waals surface area contributed by atoms with Gasteiger partial charge in [0.2, 0.25) is 0 Å². The Bertz CT molecular complexity index is 487. The molecule has 0 saturated carbocycles. The summed E-state index contributed by atoms with van der Waals surface area (Å²) in [6.07, 6.45) is 3.17. The van der Waals surface area contributed by atoms with Gasteiger partial charge in [0.25, 0.3) is 0 Å². The smallest absolute Gasteiger partial charge is 0.136 e. The molecule has 2 N–H and O–H groups in total. The molecule has 2 aromatic rings. The van der Waals surface area contributed by atoms with E-state index in [9.17, 15) is 4.79 Å². The highest BCUT2D eigenvalue weighted by atomic mass is 32.1. The van der Waals surface area contributed by atoms with Gasteiger partial charge in [-0.1, -0.05) is 12.1 Å². The number of rotatable bonds is 3. The van der Waals surface area contributed by atoms with Crippen LogP contribution in [0.15, 0.2) is 24.3 Å². The number of aromatic nitrogens is 1. The molecule has 1 fully saturated rings. The van der Waals surface area contributed by atoms with Gasteiger partial charge in [-0.05, 0) is 38.6 Å². The van der Waals surface area contributed by atoms with Gasteiger partial charge < -0.3 is 15.4 Å². The number of para-hydroxylation sites is 1. The van der Waals surface area contributed by atoms with E-state index < -0.39 is 0 Å². The number of benzene rings is 1. The van der Waals surface area contributed by atoms with Gasteiger partial charge in [-0.2, -0.15) is 0 Å². The molecule has 1 unspecified atom stereocenters. The van der Waals surface area contributed by atoms with E-state index in [0.29, 0.717) is 0 Å². The van der Waals surface area contributed by atoms with Crippen LogP contribution < -0.4 is 10.6 Å². The molecule has 0 aliphatic carbocycles. The molecule has 3 rings (SSSR count). The van der Waals surface area contributed by atoms with Crippen molar-refractivity contribution in [2.24, 2.45) is 0 Å². The number of nitrogens with one attached hydrogen (secondary N) is 2. The summed E-state index contributed by atoms with van der Waals surface area (Å²) in [5.74, 6) is 0. The number of aldehydes is 1. The number of carbonyl (C=O) groups is 1. The van der Waals surface area contributed by atoms with Gasteiger partial charge in [0.1, 0.15) is 11.3 Å². The Labute approximate surface area is 117 Å². The minimum atomic E-state index is 0.167. The molecular formula is C14H19N3OS. The lowest BCUT2D eigenvalue weighted by atomic mass is 10.2. The Kier molecular flexibility index (Phi) is 5.44. The fraction of sp³-hybridized carbons (Fsp3) is 0.429. The summed E-state index contributed by atoms with van der Waals surface area (Å²) >= 11 is 1.75. The Morgan fingerprint density at radius 2 is 2.37 bits per heavy atom. The Balaban J connectivity index is 0.000000163. The van der Waals surface area contributed by atoms with Gasteiger partial charge >= 0.3 is 0 Å². The third-order valence-corrected chi connectivity index (χ3v) is 3.97. The Morgan fingerprint density at radius 3 is 2.95 bits per heavy atom. The average Bonchev–Trinajstić information content (AvgIpc) is 3.08. The highest BCUT2D eigenvalue weighted by Crippen LogP contribution is 2.20. The Hall–Kier alpha value is -1.30. The van der Waals surface area contributed by atoms with Gasteiger partial charge in [-0.3, -0.25) is 0 Å². The van der Waals surface area contributed by atoms with E-state index in [1.54, 1.807) is 11.3 Å². The number of hydrogen-bond donors (Lipinski definition) is 2. The van der Waals surface area contributed by atoms with Gasteiger partial charge in [-0.25, -0.2) is 4.98 Å². The monoisotopic (exact) mass is 277 g/mol. The first kappa shape index (κ1) is 14.1. The third-order valence-electron chi connectivity index (χ3n) is 2.93. The molecule has 0 radical (unpaired) electrons. The van der Waals surface area contributed by atoms with Crippen LogP contribution in [-0.2, 0) is 11.3 Å². The van der Waals surface area contributed by atoms with Crippen molar-refractivity contribution in [3.8, 4) is 0 Å². The number of thiazole rings is 1. The number of nitrogens with zero attached hydrogens (tertiary/aromatic N) is 1. The standard InChI is InChI=1S/C9H10N2S.C5H9NO/c1-10-6-9-11-7-4-2-3-5-8(7)12-9;7-4-5-2-1-3-6-5/h2-5,10H,6H2,1H3;4-6H,1-3H2. The maximum atomic E-state index is 9.94. The van der Waals surface area contributed by atoms with Crippen LogP contribution in [0.25, 0.3) is 10.2 Å². The minimum Gasteiger partial charge on any atom is -0.314 e. The zero-order valence-corrected chi connectivity index (χ0v) is 11.9. The van der Waals surface area contributed by atoms with Gasteiger partial charge in [0.05, 0.1) is 16.3 Å². The molecule has 1 atom stereocenters. The van der Waals surface area contributed by atoms with Crippen LogP contribution in [0.2, 0.25) is 0 Å². The first-order valence-electron chi connectivity index (χ1n) is 6.51. The predicted molar refractivity (Wildman–Crippen MR) is 79.5 cm³/mol. The van der Waals surface area contributed by atoms with E-state index in [-0.39, 0.29) is 6.04 Å². The zero-order chi connectivity index (χ0) is 13.5. The number of hydrogen-bond acceptors (Lipinski definition) is 5. The van der Waals surface area contributed by atoms with Crippen molar-refractivity contribution in [3.05, 3.63) is 29.3 Å². The molecule has 1 aliphatic rings. The lowest BCUT2D eigenvalue weighted by Crippen LogP contribution is -2.21. The first-order chi connectivity index (χ1) is 9.33. The van der Waals surface area contributed by atoms with E-state index in [4.69, 9.17) is 0 Å². The highest BCUT2D eigenvalue weighted by molar-refractivity contribution is 7.18. The molecule has 0 spiro atoms. The largest absolute Gasteiger partial charge is 0.314 e. The molecule has 1 saturated heterocycles. The van der Waals surface area contributed by atoms with Crippen molar-refractivity contribution in [3.63, 3.8) is 0 Å². The molecule has 1 aromatic carbocycles. The zero-order valence-electron chi connectivity index (χ0n) is 11.1. The molecule has 1 aromatic heterocycles. The van der Waals surface area contributed by atoms with Crippen molar-refractivity contribution in [1.29, 1.82) is 0 Å². The molecule has 1 aliphatic heterocycles. The third kappa shape index (κ3) is 4.09. The number of fused-ring (bicyclic) bond motifs is 1. The fourth-order valence-electron chi connectivity index (χ4n) is 1.97. The second kappa shape index (κ2) is 7.33. The molecule has 2 heterocycles. The van der Waals surface area contributed by atoms with Crippen LogP contribution in [0.4, 0.5) is 0 Å². The SMILES string of the molecule is CNCc1nc2ccccc2s1.O=CC1CCCN1. The summed E-state index contributed by atoms with van der Waals surface area (Å²) in [7, 11) is 1.94. The van der Waals surface area contributed by atoms with Crippen LogP contribution in [0, 0.1) is 0 Å². The summed E-state index contributed by atoms with van der Waals surface area (Å²) in [6.45, 7) is 1.88. The van der Waals surface area contributed by atoms with Crippen LogP contribution >= 0.6 is 11.3 Å². The maximum Gasteiger partial charge on any atom is 0.136 e. The van der Waals surface area contributed by atoms with Crippen LogP contribution in [0.1, 0.15) is 17.8 Å². The summed E-state index contributed by atoms with van der Waals surface area (Å²) in [4.78, 5) is 14.4. The number of carbonyl (C=O) groups excluding carboxylic acids is 1. The maximum absolute atomic E-state index is 9.94. The summed E-state index contributed by atoms with van der Waals surface area (Å²) in [6, 6.07) is 8.38. The second-order valence-electron chi connectivity index (χ2n) is 4.44. The van der Waals surface area contributed by atoms with E-state index in [0.717, 1.165) is 42.7 Å². The molecular weight excluding hydrogens is 258 g/mol. The van der Waals surface area contributed by atoms with Crippen molar-refractivity contribution in [2.75, 3.05) is 13.6 Å². The minimum absolute atomic E-state index is 0.167. The molecule has 4 nitrogen and oxygen atoms in total. The van der Waals surface area contributed by atoms with Gasteiger partial charge in [0, 0.05) is 6.54 Å². The molecule has 19 heavy (non-hydrogen) atoms. The Morgan fingerprint density at radius 1 is 1.53 bits per heavy atom. The quantitative estimate of drug-likeness (QED) is 0.842. The normalized spacial score (nSPS) is 18.1. The van der Waals surface area contributed by atoms with Crippen molar-refractivity contribution in [2.45, 2.75) is 25.4 Å². The van der Waals surface area contributed by atoms with Crippen LogP contribution in [0.5, 0.6) is 0 Å². The highest BCUT2D eigenvalue weighted by Gasteiger charge is 2.10. The lowest BCUT2D eigenvalue weighted by Gasteiger charge is -1.93. The summed E-state index contributed by atoms with van der Waals surface area (Å²) in [5.41, 5.74) is 1.10. The molecule has 102 valence electrons. The van der Waals surface area contributed by atoms with Gasteiger partial charge in [-0.15, -0.1) is 11.3 Å². The molecule has 0 amide bonds. The summed E-state index contributed by atoms with van der Waals surface area (Å²) in [5, 5.41) is 7.28. The van der Waals surface area contributed by atoms with E-state index in [2.05, 4.69) is 21.7 Å². The first-order valence-corrected chi connectivity index (χ1v) is 7.33. The van der Waals surface area contributed by atoms with E-state index in [1.807, 2.05) is 25.2 Å². The second-order valence-corrected chi connectivity index (χ2v) is 5.56. The molecule has 0 bridgehead atoms. The predicted octanol–water partition coefficient (Wildman–Crippen LogP) is 1.95. The van der Waals surface area contributed by atoms with Crippen LogP contribution in [0.3, 0.4) is 0 Å². The van der Waals surface area contributed by atoms with Crippen LogP contribution in [-0.4, -0.2) is 30.9 Å². The average molecular weight is 277 g/mol. The van der Waals surface area contributed by atoms with Crippen molar-refractivity contribution < 1.29 is 4.79 Å². The van der Waals surface area contributed by atoms with Crippen molar-refractivity contribution in [1.82, 2.24) is 15.6 Å². The van der Waals surface area contributed by atoms with E-state index in [1.165, 1.54) is 4.70 Å². The van der Waals surface area contributed by atoms with Gasteiger partial charge in [0.15, 0.2) is 0 Å².